The first-order valence-electron chi connectivity index (χ1n) is 5.85. The van der Waals surface area contributed by atoms with Crippen LogP contribution in [0.5, 0.6) is 0 Å². The molecule has 0 spiro atoms. The van der Waals surface area contributed by atoms with E-state index in [2.05, 4.69) is 13.8 Å². The van der Waals surface area contributed by atoms with Crippen LogP contribution in [-0.2, 0) is 10.0 Å². The Bertz CT molecular complexity index is 237. The molecule has 0 aliphatic heterocycles. The summed E-state index contributed by atoms with van der Waals surface area (Å²) in [5.41, 5.74) is 0. The van der Waals surface area contributed by atoms with Crippen molar-refractivity contribution in [1.29, 1.82) is 0 Å². The average molecular weight is 234 g/mol. The van der Waals surface area contributed by atoms with Gasteiger partial charge >= 0.3 is 0 Å². The van der Waals surface area contributed by atoms with Crippen molar-refractivity contribution in [3.8, 4) is 0 Å². The summed E-state index contributed by atoms with van der Waals surface area (Å²) < 4.78 is 25.1. The largest absolute Gasteiger partial charge is 0.214 e. The van der Waals surface area contributed by atoms with Gasteiger partial charge in [0, 0.05) is 13.1 Å². The molecule has 0 amide bonds. The topological polar surface area (TPSA) is 37.4 Å². The van der Waals surface area contributed by atoms with Gasteiger partial charge in [-0.25, -0.2) is 12.7 Å². The molecule has 0 aliphatic carbocycles. The molecule has 0 aliphatic rings. The molecule has 0 aromatic heterocycles. The zero-order chi connectivity index (χ0) is 11.7. The monoisotopic (exact) mass is 234 g/mol. The van der Waals surface area contributed by atoms with E-state index in [1.807, 2.05) is 6.92 Å². The van der Waals surface area contributed by atoms with Gasteiger partial charge in [-0.05, 0) is 19.8 Å². The molecule has 4 heteroatoms. The van der Waals surface area contributed by atoms with Crippen LogP contribution in [0.1, 0.15) is 46.0 Å². The zero-order valence-corrected chi connectivity index (χ0v) is 10.9. The summed E-state index contributed by atoms with van der Waals surface area (Å²) in [5, 5.41) is 0. The van der Waals surface area contributed by atoms with Crippen LogP contribution in [0.3, 0.4) is 0 Å². The van der Waals surface area contributed by atoms with Gasteiger partial charge in [0.25, 0.3) is 0 Å². The molecule has 0 saturated heterocycles. The number of unbranched alkanes of at least 4 members (excludes halogenated alkanes) is 3. The fourth-order valence-corrected chi connectivity index (χ4v) is 3.05. The van der Waals surface area contributed by atoms with E-state index in [4.69, 9.17) is 0 Å². The predicted molar refractivity (Wildman–Crippen MR) is 65.1 cm³/mol. The molecule has 0 unspecified atom stereocenters. The third-order valence-electron chi connectivity index (χ3n) is 2.37. The summed E-state index contributed by atoms with van der Waals surface area (Å²) in [6.07, 6.45) is 4.88. The van der Waals surface area contributed by atoms with E-state index >= 15 is 0 Å². The molecule has 0 rings (SSSR count). The van der Waals surface area contributed by atoms with E-state index in [0.717, 1.165) is 32.1 Å². The quantitative estimate of drug-likeness (QED) is 0.575. The Morgan fingerprint density at radius 3 is 2.20 bits per heavy atom. The third-order valence-corrected chi connectivity index (χ3v) is 4.33. The molecule has 3 nitrogen and oxygen atoms in total. The molecule has 0 fully saturated rings. The lowest BCUT2D eigenvalue weighted by Crippen LogP contribution is -2.33. The van der Waals surface area contributed by atoms with E-state index in [-0.39, 0.29) is 5.75 Å². The Kier molecular flexibility index (Phi) is 8.06. The highest BCUT2D eigenvalue weighted by Crippen LogP contribution is 2.07. The summed E-state index contributed by atoms with van der Waals surface area (Å²) >= 11 is 0. The second kappa shape index (κ2) is 8.11. The first-order chi connectivity index (χ1) is 7.08. The number of sulfonamides is 1. The lowest BCUT2D eigenvalue weighted by atomic mass is 10.2. The summed E-state index contributed by atoms with van der Waals surface area (Å²) in [6.45, 7) is 8.71. The molecule has 0 N–H and O–H groups in total. The molecule has 0 saturated carbocycles. The highest BCUT2D eigenvalue weighted by Gasteiger charge is 2.18. The molecule has 0 bridgehead atoms. The minimum atomic E-state index is -3.04. The Morgan fingerprint density at radius 1 is 1.07 bits per heavy atom. The smallest absolute Gasteiger partial charge is 0.212 e. The van der Waals surface area contributed by atoms with Crippen LogP contribution in [0.15, 0.2) is 0 Å². The van der Waals surface area contributed by atoms with Crippen molar-refractivity contribution in [2.24, 2.45) is 0 Å². The summed E-state index contributed by atoms with van der Waals surface area (Å²) in [5.74, 6) is 0.280. The van der Waals surface area contributed by atoms with E-state index in [1.165, 1.54) is 4.31 Å². The van der Waals surface area contributed by atoms with Crippen molar-refractivity contribution < 1.29 is 8.42 Å². The Labute approximate surface area is 94.9 Å². The van der Waals surface area contributed by atoms with Crippen molar-refractivity contribution in [1.82, 2.24) is 4.31 Å². The van der Waals surface area contributed by atoms with Gasteiger partial charge in [0.1, 0.15) is 0 Å². The van der Waals surface area contributed by atoms with Crippen LogP contribution in [0.2, 0.25) is 0 Å². The highest BCUT2D eigenvalue weighted by molar-refractivity contribution is 7.89. The van der Waals surface area contributed by atoms with Gasteiger partial charge < -0.3 is 0 Å². The molecule has 0 heterocycles. The van der Waals surface area contributed by atoms with Crippen LogP contribution in [0, 0.1) is 6.92 Å². The van der Waals surface area contributed by atoms with Gasteiger partial charge in [-0.15, -0.1) is 0 Å². The number of rotatable bonds is 9. The molecule has 0 aromatic carbocycles. The first kappa shape index (κ1) is 14.9. The van der Waals surface area contributed by atoms with Gasteiger partial charge in [0.15, 0.2) is 0 Å². The van der Waals surface area contributed by atoms with Gasteiger partial charge in [0.05, 0.1) is 5.75 Å². The van der Waals surface area contributed by atoms with Crippen molar-refractivity contribution in [2.45, 2.75) is 46.0 Å². The van der Waals surface area contributed by atoms with Gasteiger partial charge in [-0.3, -0.25) is 0 Å². The molecule has 0 atom stereocenters. The van der Waals surface area contributed by atoms with Crippen LogP contribution >= 0.6 is 0 Å². The molecule has 1 radical (unpaired) electrons. The fraction of sp³-hybridized carbons (Fsp3) is 0.909. The van der Waals surface area contributed by atoms with Gasteiger partial charge in [-0.2, -0.15) is 0 Å². The molecular weight excluding hydrogens is 210 g/mol. The molecular formula is C11H24NO2S. The lowest BCUT2D eigenvalue weighted by molar-refractivity contribution is 0.438. The van der Waals surface area contributed by atoms with Gasteiger partial charge in [-0.1, -0.05) is 33.1 Å². The molecule has 0 aromatic rings. The van der Waals surface area contributed by atoms with Gasteiger partial charge in [0.2, 0.25) is 10.0 Å². The second-order valence-electron chi connectivity index (χ2n) is 3.78. The summed E-state index contributed by atoms with van der Waals surface area (Å²) in [7, 11) is -3.04. The average Bonchev–Trinajstić information content (AvgIpc) is 2.20. The van der Waals surface area contributed by atoms with Crippen molar-refractivity contribution in [3.63, 3.8) is 0 Å². The third kappa shape index (κ3) is 6.15. The minimum Gasteiger partial charge on any atom is -0.212 e. The van der Waals surface area contributed by atoms with Crippen molar-refractivity contribution in [3.05, 3.63) is 6.92 Å². The predicted octanol–water partition coefficient (Wildman–Crippen LogP) is 2.44. The first-order valence-corrected chi connectivity index (χ1v) is 7.46. The standard InChI is InChI=1S/C11H24NO2S/c1-4-7-8-9-11-15(13,14)12(6-3)10-5-2/h3-11H2,1-2H3. The summed E-state index contributed by atoms with van der Waals surface area (Å²) in [6, 6.07) is 0. The maximum Gasteiger partial charge on any atom is 0.214 e. The zero-order valence-electron chi connectivity index (χ0n) is 10.0. The van der Waals surface area contributed by atoms with E-state index in [9.17, 15) is 8.42 Å². The molecule has 15 heavy (non-hydrogen) atoms. The Balaban J connectivity index is 4.02. The normalized spacial score (nSPS) is 12.3. The van der Waals surface area contributed by atoms with E-state index < -0.39 is 10.0 Å². The molecule has 91 valence electrons. The van der Waals surface area contributed by atoms with E-state index in [0.29, 0.717) is 13.1 Å². The van der Waals surface area contributed by atoms with Crippen LogP contribution in [0.25, 0.3) is 0 Å². The number of hydrogen-bond donors (Lipinski definition) is 0. The summed E-state index contributed by atoms with van der Waals surface area (Å²) in [4.78, 5) is 0. The van der Waals surface area contributed by atoms with Crippen LogP contribution < -0.4 is 0 Å². The maximum absolute atomic E-state index is 11.8. The second-order valence-corrected chi connectivity index (χ2v) is 5.86. The SMILES string of the molecule is [CH2]CN(CCC)S(=O)(=O)CCCCCC. The highest BCUT2D eigenvalue weighted by atomic mass is 32.2. The Hall–Kier alpha value is -0.0900. The van der Waals surface area contributed by atoms with Crippen LogP contribution in [0.4, 0.5) is 0 Å². The number of nitrogens with zero attached hydrogens (tertiary/aromatic N) is 1. The maximum atomic E-state index is 11.8. The van der Waals surface area contributed by atoms with Crippen molar-refractivity contribution in [2.75, 3.05) is 18.8 Å². The lowest BCUT2D eigenvalue weighted by Gasteiger charge is -2.19. The Morgan fingerprint density at radius 2 is 1.73 bits per heavy atom. The minimum absolute atomic E-state index is 0.280. The van der Waals surface area contributed by atoms with E-state index in [1.54, 1.807) is 0 Å². The van der Waals surface area contributed by atoms with Crippen LogP contribution in [-0.4, -0.2) is 31.6 Å². The van der Waals surface area contributed by atoms with Crippen molar-refractivity contribution >= 4 is 10.0 Å². The fourth-order valence-electron chi connectivity index (χ4n) is 1.48. The number of hydrogen-bond acceptors (Lipinski definition) is 2.